The maximum absolute atomic E-state index is 6.51. The van der Waals surface area contributed by atoms with Crippen LogP contribution in [-0.4, -0.2) is 12.2 Å². The summed E-state index contributed by atoms with van der Waals surface area (Å²) in [7, 11) is 0. The average Bonchev–Trinajstić information content (AvgIpc) is 2.86. The van der Waals surface area contributed by atoms with Crippen LogP contribution < -0.4 is 5.73 Å². The molecule has 2 nitrogen and oxygen atoms in total. The molecule has 2 N–H and O–H groups in total. The van der Waals surface area contributed by atoms with Gasteiger partial charge in [0.15, 0.2) is 0 Å². The first kappa shape index (κ1) is 13.6. The molecule has 1 saturated heterocycles. The van der Waals surface area contributed by atoms with Crippen molar-refractivity contribution in [2.75, 3.05) is 6.61 Å². The van der Waals surface area contributed by atoms with E-state index in [0.29, 0.717) is 5.92 Å². The lowest BCUT2D eigenvalue weighted by atomic mass is 9.79. The number of nitrogens with two attached hydrogens (primary N) is 1. The maximum Gasteiger partial charge on any atom is 0.0685 e. The number of hydrogen-bond donors (Lipinski definition) is 1. The summed E-state index contributed by atoms with van der Waals surface area (Å²) in [5.74, 6) is 0.557. The van der Waals surface area contributed by atoms with E-state index >= 15 is 0 Å². The summed E-state index contributed by atoms with van der Waals surface area (Å²) >= 11 is 3.53. The molecular formula is C16H22BrNO. The van der Waals surface area contributed by atoms with Crippen LogP contribution in [-0.2, 0) is 4.74 Å². The molecule has 0 amide bonds. The highest BCUT2D eigenvalue weighted by molar-refractivity contribution is 9.10. The van der Waals surface area contributed by atoms with E-state index in [4.69, 9.17) is 10.5 Å². The van der Waals surface area contributed by atoms with E-state index in [2.05, 4.69) is 40.2 Å². The van der Waals surface area contributed by atoms with Crippen molar-refractivity contribution in [3.8, 4) is 0 Å². The molecular weight excluding hydrogens is 302 g/mol. The molecule has 1 spiro atoms. The molecule has 3 heteroatoms. The average molecular weight is 324 g/mol. The van der Waals surface area contributed by atoms with Gasteiger partial charge in [0.25, 0.3) is 0 Å². The summed E-state index contributed by atoms with van der Waals surface area (Å²) in [6.07, 6.45) is 7.33. The Kier molecular flexibility index (Phi) is 3.97. The molecule has 0 aromatic heterocycles. The van der Waals surface area contributed by atoms with E-state index in [-0.39, 0.29) is 11.6 Å². The molecule has 2 aliphatic rings. The van der Waals surface area contributed by atoms with Crippen molar-refractivity contribution < 1.29 is 4.74 Å². The van der Waals surface area contributed by atoms with Crippen LogP contribution in [0.4, 0.5) is 0 Å². The lowest BCUT2D eigenvalue weighted by molar-refractivity contribution is -0.0963. The highest BCUT2D eigenvalue weighted by Crippen LogP contribution is 2.44. The van der Waals surface area contributed by atoms with E-state index in [9.17, 15) is 0 Å². The van der Waals surface area contributed by atoms with Gasteiger partial charge in [-0.15, -0.1) is 0 Å². The van der Waals surface area contributed by atoms with Crippen molar-refractivity contribution in [1.29, 1.82) is 0 Å². The van der Waals surface area contributed by atoms with Gasteiger partial charge in [-0.25, -0.2) is 0 Å². The van der Waals surface area contributed by atoms with Crippen molar-refractivity contribution in [1.82, 2.24) is 0 Å². The first-order valence-electron chi connectivity index (χ1n) is 7.34. The Morgan fingerprint density at radius 2 is 2.11 bits per heavy atom. The molecule has 1 aromatic carbocycles. The van der Waals surface area contributed by atoms with Crippen LogP contribution in [0.3, 0.4) is 0 Å². The summed E-state index contributed by atoms with van der Waals surface area (Å²) in [5, 5.41) is 0. The van der Waals surface area contributed by atoms with Gasteiger partial charge in [0.1, 0.15) is 0 Å². The largest absolute Gasteiger partial charge is 0.375 e. The molecule has 1 heterocycles. The Morgan fingerprint density at radius 1 is 1.32 bits per heavy atom. The predicted molar refractivity (Wildman–Crippen MR) is 80.9 cm³/mol. The summed E-state index contributed by atoms with van der Waals surface area (Å²) in [6.45, 7) is 0.881. The van der Waals surface area contributed by atoms with Crippen LogP contribution in [0.5, 0.6) is 0 Å². The van der Waals surface area contributed by atoms with E-state index in [1.165, 1.54) is 31.2 Å². The topological polar surface area (TPSA) is 35.2 Å². The standard InChI is InChI=1S/C16H22BrNO/c17-14-5-3-4-12(10-14)15(18)13-6-9-19-16(11-13)7-1-2-8-16/h3-5,10,13,15H,1-2,6-9,11,18H2. The second-order valence-electron chi connectivity index (χ2n) is 6.07. The Balaban J connectivity index is 1.74. The zero-order chi connectivity index (χ0) is 13.3. The van der Waals surface area contributed by atoms with Gasteiger partial charge in [0.05, 0.1) is 5.60 Å². The summed E-state index contributed by atoms with van der Waals surface area (Å²) < 4.78 is 7.22. The SMILES string of the molecule is NC(c1cccc(Br)c1)C1CCOC2(CCCC2)C1. The Morgan fingerprint density at radius 3 is 2.84 bits per heavy atom. The molecule has 2 atom stereocenters. The van der Waals surface area contributed by atoms with E-state index in [0.717, 1.165) is 23.9 Å². The van der Waals surface area contributed by atoms with Gasteiger partial charge >= 0.3 is 0 Å². The molecule has 3 rings (SSSR count). The first-order chi connectivity index (χ1) is 9.19. The van der Waals surface area contributed by atoms with Gasteiger partial charge in [-0.1, -0.05) is 40.9 Å². The third-order valence-corrected chi connectivity index (χ3v) is 5.28. The number of ether oxygens (including phenoxy) is 1. The normalized spacial score (nSPS) is 27.6. The Bertz CT molecular complexity index is 442. The van der Waals surface area contributed by atoms with Crippen molar-refractivity contribution in [3.63, 3.8) is 0 Å². The fourth-order valence-corrected chi connectivity index (χ4v) is 4.14. The van der Waals surface area contributed by atoms with Gasteiger partial charge in [0, 0.05) is 17.1 Å². The molecule has 104 valence electrons. The minimum Gasteiger partial charge on any atom is -0.375 e. The van der Waals surface area contributed by atoms with Crippen LogP contribution in [0.15, 0.2) is 28.7 Å². The van der Waals surface area contributed by atoms with Gasteiger partial charge < -0.3 is 10.5 Å². The van der Waals surface area contributed by atoms with Gasteiger partial charge in [-0.05, 0) is 49.3 Å². The summed E-state index contributed by atoms with van der Waals surface area (Å²) in [4.78, 5) is 0. The molecule has 1 aromatic rings. The predicted octanol–water partition coefficient (Wildman–Crippen LogP) is 4.19. The molecule has 0 radical (unpaired) electrons. The molecule has 1 aliphatic carbocycles. The van der Waals surface area contributed by atoms with Gasteiger partial charge in [0.2, 0.25) is 0 Å². The van der Waals surface area contributed by atoms with Crippen LogP contribution in [0.2, 0.25) is 0 Å². The highest BCUT2D eigenvalue weighted by atomic mass is 79.9. The Hall–Kier alpha value is -0.380. The molecule has 19 heavy (non-hydrogen) atoms. The maximum atomic E-state index is 6.51. The monoisotopic (exact) mass is 323 g/mol. The van der Waals surface area contributed by atoms with Gasteiger partial charge in [-0.3, -0.25) is 0 Å². The molecule has 2 unspecified atom stereocenters. The minimum atomic E-state index is 0.138. The van der Waals surface area contributed by atoms with Crippen LogP contribution in [0.25, 0.3) is 0 Å². The van der Waals surface area contributed by atoms with Crippen molar-refractivity contribution in [2.24, 2.45) is 11.7 Å². The minimum absolute atomic E-state index is 0.138. The van der Waals surface area contributed by atoms with Crippen LogP contribution in [0, 0.1) is 5.92 Å². The fraction of sp³-hybridized carbons (Fsp3) is 0.625. The number of hydrogen-bond acceptors (Lipinski definition) is 2. The molecule has 0 bridgehead atoms. The lowest BCUT2D eigenvalue weighted by Crippen LogP contribution is -2.40. The van der Waals surface area contributed by atoms with Crippen LogP contribution >= 0.6 is 15.9 Å². The first-order valence-corrected chi connectivity index (χ1v) is 8.13. The lowest BCUT2D eigenvalue weighted by Gasteiger charge is -2.40. The second kappa shape index (κ2) is 5.55. The third kappa shape index (κ3) is 2.88. The second-order valence-corrected chi connectivity index (χ2v) is 6.99. The number of rotatable bonds is 2. The van der Waals surface area contributed by atoms with Crippen molar-refractivity contribution in [2.45, 2.75) is 50.2 Å². The summed E-state index contributed by atoms with van der Waals surface area (Å²) in [5.41, 5.74) is 7.92. The summed E-state index contributed by atoms with van der Waals surface area (Å²) in [6, 6.07) is 8.56. The molecule has 2 fully saturated rings. The van der Waals surface area contributed by atoms with E-state index in [1.54, 1.807) is 0 Å². The quantitative estimate of drug-likeness (QED) is 0.885. The zero-order valence-corrected chi connectivity index (χ0v) is 12.9. The zero-order valence-electron chi connectivity index (χ0n) is 11.3. The van der Waals surface area contributed by atoms with Crippen molar-refractivity contribution >= 4 is 15.9 Å². The molecule has 1 aliphatic heterocycles. The van der Waals surface area contributed by atoms with Gasteiger partial charge in [-0.2, -0.15) is 0 Å². The van der Waals surface area contributed by atoms with Crippen molar-refractivity contribution in [3.05, 3.63) is 34.3 Å². The Labute approximate surface area is 123 Å². The fourth-order valence-electron chi connectivity index (χ4n) is 3.73. The number of halogens is 1. The number of benzene rings is 1. The van der Waals surface area contributed by atoms with E-state index in [1.807, 2.05) is 0 Å². The highest BCUT2D eigenvalue weighted by Gasteiger charge is 2.41. The van der Waals surface area contributed by atoms with Crippen LogP contribution in [0.1, 0.15) is 50.1 Å². The van der Waals surface area contributed by atoms with E-state index < -0.39 is 0 Å². The molecule has 1 saturated carbocycles. The third-order valence-electron chi connectivity index (χ3n) is 4.79. The smallest absolute Gasteiger partial charge is 0.0685 e.